The molecule has 0 spiro atoms. The van der Waals surface area contributed by atoms with Gasteiger partial charge in [-0.2, -0.15) is 0 Å². The fraction of sp³-hybridized carbons (Fsp3) is 0.227. The molecule has 4 rings (SSSR count). The van der Waals surface area contributed by atoms with Crippen molar-refractivity contribution in [2.45, 2.75) is 19.8 Å². The van der Waals surface area contributed by atoms with Gasteiger partial charge in [0.2, 0.25) is 11.8 Å². The lowest BCUT2D eigenvalue weighted by Crippen LogP contribution is -2.33. The Kier molecular flexibility index (Phi) is 5.05. The van der Waals surface area contributed by atoms with Gasteiger partial charge in [-0.3, -0.25) is 14.4 Å². The molecule has 2 aromatic rings. The largest absolute Gasteiger partial charge is 0.322 e. The van der Waals surface area contributed by atoms with Crippen LogP contribution in [0, 0.1) is 15.4 Å². The van der Waals surface area contributed by atoms with Crippen molar-refractivity contribution in [1.29, 1.82) is 0 Å². The number of benzene rings is 2. The average Bonchev–Trinajstić information content (AvgIpc) is 2.93. The van der Waals surface area contributed by atoms with Crippen LogP contribution in [0.4, 0.5) is 11.4 Å². The second-order valence-electron chi connectivity index (χ2n) is 7.19. The van der Waals surface area contributed by atoms with Crippen molar-refractivity contribution in [1.82, 2.24) is 0 Å². The third kappa shape index (κ3) is 3.37. The zero-order valence-corrected chi connectivity index (χ0v) is 17.5. The first-order valence-electron chi connectivity index (χ1n) is 9.15. The number of allylic oxidation sites excluding steroid dienone is 2. The maximum absolute atomic E-state index is 13.0. The SMILES string of the molecule is CC1=CC[C@@H]2C(=O)N(c3ccccc3C(=O)Nc3ccc(I)cc3)C(=O)[C@H]2C1. The molecule has 0 bridgehead atoms. The molecule has 142 valence electrons. The summed E-state index contributed by atoms with van der Waals surface area (Å²) in [6.07, 6.45) is 3.21. The summed E-state index contributed by atoms with van der Waals surface area (Å²) in [6, 6.07) is 14.2. The summed E-state index contributed by atoms with van der Waals surface area (Å²) in [5.74, 6) is -1.43. The van der Waals surface area contributed by atoms with E-state index in [4.69, 9.17) is 0 Å². The predicted molar refractivity (Wildman–Crippen MR) is 116 cm³/mol. The van der Waals surface area contributed by atoms with Gasteiger partial charge in [0.1, 0.15) is 0 Å². The Morgan fingerprint density at radius 1 is 1.04 bits per heavy atom. The molecular formula is C22H19IN2O3. The lowest BCUT2D eigenvalue weighted by Gasteiger charge is -2.19. The maximum atomic E-state index is 13.0. The fourth-order valence-corrected chi connectivity index (χ4v) is 4.23. The molecule has 0 aromatic heterocycles. The molecule has 1 heterocycles. The summed E-state index contributed by atoms with van der Waals surface area (Å²) in [6.45, 7) is 1.99. The highest BCUT2D eigenvalue weighted by molar-refractivity contribution is 14.1. The number of hydrogen-bond donors (Lipinski definition) is 1. The molecule has 6 heteroatoms. The Bertz CT molecular complexity index is 997. The lowest BCUT2D eigenvalue weighted by atomic mass is 9.82. The summed E-state index contributed by atoms with van der Waals surface area (Å²) in [4.78, 5) is 40.1. The molecular weight excluding hydrogens is 467 g/mol. The number of imide groups is 1. The van der Waals surface area contributed by atoms with Crippen molar-refractivity contribution < 1.29 is 14.4 Å². The van der Waals surface area contributed by atoms with Crippen molar-refractivity contribution >= 4 is 51.7 Å². The van der Waals surface area contributed by atoms with E-state index in [1.807, 2.05) is 37.3 Å². The van der Waals surface area contributed by atoms with Gasteiger partial charge in [-0.05, 0) is 78.8 Å². The molecule has 1 aliphatic carbocycles. The summed E-state index contributed by atoms with van der Waals surface area (Å²) < 4.78 is 1.07. The van der Waals surface area contributed by atoms with Crippen LogP contribution in [-0.4, -0.2) is 17.7 Å². The topological polar surface area (TPSA) is 66.5 Å². The van der Waals surface area contributed by atoms with E-state index >= 15 is 0 Å². The number of fused-ring (bicyclic) bond motifs is 1. The summed E-state index contributed by atoms with van der Waals surface area (Å²) in [5.41, 5.74) is 2.46. The number of nitrogens with one attached hydrogen (secondary N) is 1. The number of nitrogens with zero attached hydrogens (tertiary/aromatic N) is 1. The van der Waals surface area contributed by atoms with Crippen LogP contribution < -0.4 is 10.2 Å². The minimum atomic E-state index is -0.346. The highest BCUT2D eigenvalue weighted by Crippen LogP contribution is 2.40. The van der Waals surface area contributed by atoms with Crippen LogP contribution in [0.3, 0.4) is 0 Å². The third-order valence-corrected chi connectivity index (χ3v) is 6.03. The number of hydrogen-bond acceptors (Lipinski definition) is 3. The van der Waals surface area contributed by atoms with Crippen molar-refractivity contribution in [3.63, 3.8) is 0 Å². The fourth-order valence-electron chi connectivity index (χ4n) is 3.87. The number of para-hydroxylation sites is 1. The maximum Gasteiger partial charge on any atom is 0.257 e. The molecule has 0 unspecified atom stereocenters. The van der Waals surface area contributed by atoms with Gasteiger partial charge >= 0.3 is 0 Å². The van der Waals surface area contributed by atoms with Crippen LogP contribution in [0.2, 0.25) is 0 Å². The van der Waals surface area contributed by atoms with Gasteiger partial charge in [0.15, 0.2) is 0 Å². The molecule has 2 aliphatic rings. The summed E-state index contributed by atoms with van der Waals surface area (Å²) >= 11 is 2.20. The smallest absolute Gasteiger partial charge is 0.257 e. The van der Waals surface area contributed by atoms with E-state index in [1.54, 1.807) is 24.3 Å². The second-order valence-corrected chi connectivity index (χ2v) is 8.44. The third-order valence-electron chi connectivity index (χ3n) is 5.31. The molecule has 1 aliphatic heterocycles. The van der Waals surface area contributed by atoms with Crippen molar-refractivity contribution in [2.75, 3.05) is 10.2 Å². The van der Waals surface area contributed by atoms with E-state index in [0.29, 0.717) is 29.8 Å². The molecule has 3 amide bonds. The Balaban J connectivity index is 1.65. The van der Waals surface area contributed by atoms with E-state index < -0.39 is 0 Å². The lowest BCUT2D eigenvalue weighted by molar-refractivity contribution is -0.122. The van der Waals surface area contributed by atoms with Gasteiger partial charge in [0.25, 0.3) is 5.91 Å². The quantitative estimate of drug-likeness (QED) is 0.398. The van der Waals surface area contributed by atoms with E-state index in [-0.39, 0.29) is 29.6 Å². The van der Waals surface area contributed by atoms with Crippen LogP contribution in [0.15, 0.2) is 60.2 Å². The number of anilines is 2. The van der Waals surface area contributed by atoms with E-state index in [0.717, 1.165) is 9.14 Å². The minimum absolute atomic E-state index is 0.211. The normalized spacial score (nSPS) is 21.4. The van der Waals surface area contributed by atoms with Gasteiger partial charge < -0.3 is 5.32 Å². The number of rotatable bonds is 3. The van der Waals surface area contributed by atoms with Crippen molar-refractivity contribution in [3.8, 4) is 0 Å². The highest BCUT2D eigenvalue weighted by Gasteiger charge is 2.49. The first-order chi connectivity index (χ1) is 13.5. The molecule has 2 atom stereocenters. The summed E-state index contributed by atoms with van der Waals surface area (Å²) in [7, 11) is 0. The van der Waals surface area contributed by atoms with E-state index in [9.17, 15) is 14.4 Å². The zero-order valence-electron chi connectivity index (χ0n) is 15.3. The number of carbonyl (C=O) groups excluding carboxylic acids is 3. The first kappa shape index (κ1) is 18.9. The number of amides is 3. The molecule has 28 heavy (non-hydrogen) atoms. The number of halogens is 1. The second kappa shape index (κ2) is 7.50. The van der Waals surface area contributed by atoms with Gasteiger partial charge in [0, 0.05) is 9.26 Å². The van der Waals surface area contributed by atoms with Gasteiger partial charge in [-0.1, -0.05) is 23.8 Å². The van der Waals surface area contributed by atoms with Gasteiger partial charge in [-0.25, -0.2) is 4.90 Å². The molecule has 1 N–H and O–H groups in total. The minimum Gasteiger partial charge on any atom is -0.322 e. The molecule has 0 saturated carbocycles. The van der Waals surface area contributed by atoms with Crippen LogP contribution in [0.5, 0.6) is 0 Å². The van der Waals surface area contributed by atoms with Gasteiger partial charge in [-0.15, -0.1) is 0 Å². The van der Waals surface area contributed by atoms with Crippen LogP contribution in [0.1, 0.15) is 30.1 Å². The monoisotopic (exact) mass is 486 g/mol. The van der Waals surface area contributed by atoms with Crippen molar-refractivity contribution in [3.05, 3.63) is 69.3 Å². The highest BCUT2D eigenvalue weighted by atomic mass is 127. The Labute approximate surface area is 176 Å². The van der Waals surface area contributed by atoms with Crippen LogP contribution >= 0.6 is 22.6 Å². The van der Waals surface area contributed by atoms with E-state index in [2.05, 4.69) is 27.9 Å². The standard InChI is InChI=1S/C22H19IN2O3/c1-13-6-11-16-18(12-13)22(28)25(21(16)27)19-5-3-2-4-17(19)20(26)24-15-9-7-14(23)8-10-15/h2-10,16,18H,11-12H2,1H3,(H,24,26)/t16-,18-/m0/s1. The average molecular weight is 486 g/mol. The van der Waals surface area contributed by atoms with Crippen LogP contribution in [-0.2, 0) is 9.59 Å². The Hall–Kier alpha value is -2.48. The van der Waals surface area contributed by atoms with E-state index in [1.165, 1.54) is 4.90 Å². The molecule has 1 fully saturated rings. The summed E-state index contributed by atoms with van der Waals surface area (Å²) in [5, 5.41) is 2.85. The zero-order chi connectivity index (χ0) is 19.8. The van der Waals surface area contributed by atoms with Gasteiger partial charge in [0.05, 0.1) is 23.1 Å². The van der Waals surface area contributed by atoms with Crippen LogP contribution in [0.25, 0.3) is 0 Å². The molecule has 0 radical (unpaired) electrons. The van der Waals surface area contributed by atoms with Crippen molar-refractivity contribution in [2.24, 2.45) is 11.8 Å². The Morgan fingerprint density at radius 3 is 2.46 bits per heavy atom. The molecule has 5 nitrogen and oxygen atoms in total. The number of carbonyl (C=O) groups is 3. The predicted octanol–water partition coefficient (Wildman–Crippen LogP) is 4.39. The molecule has 1 saturated heterocycles. The molecule has 2 aromatic carbocycles. The Morgan fingerprint density at radius 2 is 1.71 bits per heavy atom. The first-order valence-corrected chi connectivity index (χ1v) is 10.2.